The molecular formula is C23H38N2O2. The van der Waals surface area contributed by atoms with E-state index in [0.29, 0.717) is 6.04 Å². The molecule has 1 aromatic rings. The minimum atomic E-state index is -0.271. The van der Waals surface area contributed by atoms with E-state index in [1.807, 2.05) is 6.07 Å². The molecule has 0 saturated heterocycles. The van der Waals surface area contributed by atoms with Crippen molar-refractivity contribution in [1.29, 1.82) is 0 Å². The van der Waals surface area contributed by atoms with Gasteiger partial charge in [-0.1, -0.05) is 19.9 Å². The van der Waals surface area contributed by atoms with Crippen molar-refractivity contribution >= 4 is 6.08 Å². The van der Waals surface area contributed by atoms with E-state index in [1.54, 1.807) is 7.11 Å². The van der Waals surface area contributed by atoms with Crippen LogP contribution in [0.15, 0.2) is 18.2 Å². The number of methoxy groups -OCH3 is 1. The molecule has 0 radical (unpaired) electrons. The predicted molar refractivity (Wildman–Crippen MR) is 115 cm³/mol. The number of nitrogens with zero attached hydrogens (tertiary/aromatic N) is 2. The largest absolute Gasteiger partial charge is 0.496 e. The van der Waals surface area contributed by atoms with Gasteiger partial charge in [-0.25, -0.2) is 0 Å². The highest BCUT2D eigenvalue weighted by Gasteiger charge is 2.25. The van der Waals surface area contributed by atoms with Crippen molar-refractivity contribution in [3.05, 3.63) is 29.3 Å². The zero-order valence-corrected chi connectivity index (χ0v) is 18.3. The molecule has 4 heteroatoms. The summed E-state index contributed by atoms with van der Waals surface area (Å²) in [5.74, 6) is 1.81. The SMILES string of the molecule is CCN(CC)CCCCN(C)C(C)c1cc2c(cc1OC)OC(C)(C)C=C2. The molecule has 0 spiro atoms. The summed E-state index contributed by atoms with van der Waals surface area (Å²) in [5, 5.41) is 0. The third kappa shape index (κ3) is 5.73. The fraction of sp³-hybridized carbons (Fsp3) is 0.652. The maximum atomic E-state index is 6.09. The highest BCUT2D eigenvalue weighted by Crippen LogP contribution is 2.39. The lowest BCUT2D eigenvalue weighted by Gasteiger charge is -2.31. The number of rotatable bonds is 10. The Morgan fingerprint density at radius 2 is 1.78 bits per heavy atom. The summed E-state index contributed by atoms with van der Waals surface area (Å²) < 4.78 is 11.8. The van der Waals surface area contributed by atoms with Gasteiger partial charge in [-0.05, 0) is 79.0 Å². The quantitative estimate of drug-likeness (QED) is 0.538. The van der Waals surface area contributed by atoms with Crippen molar-refractivity contribution in [3.8, 4) is 11.5 Å². The molecule has 2 rings (SSSR count). The third-order valence-electron chi connectivity index (χ3n) is 5.64. The zero-order valence-electron chi connectivity index (χ0n) is 18.3. The van der Waals surface area contributed by atoms with Gasteiger partial charge >= 0.3 is 0 Å². The van der Waals surface area contributed by atoms with Crippen LogP contribution in [0.1, 0.15) is 64.6 Å². The lowest BCUT2D eigenvalue weighted by Crippen LogP contribution is -2.28. The van der Waals surface area contributed by atoms with Crippen LogP contribution in [0.25, 0.3) is 6.08 Å². The van der Waals surface area contributed by atoms with Gasteiger partial charge < -0.3 is 14.4 Å². The maximum absolute atomic E-state index is 6.09. The summed E-state index contributed by atoms with van der Waals surface area (Å²) in [6.07, 6.45) is 6.74. The lowest BCUT2D eigenvalue weighted by atomic mass is 9.97. The predicted octanol–water partition coefficient (Wildman–Crippen LogP) is 4.99. The van der Waals surface area contributed by atoms with E-state index in [4.69, 9.17) is 9.47 Å². The number of unbranched alkanes of at least 4 members (excludes halogenated alkanes) is 1. The first-order valence-electron chi connectivity index (χ1n) is 10.3. The van der Waals surface area contributed by atoms with Crippen molar-refractivity contribution in [2.45, 2.75) is 59.1 Å². The summed E-state index contributed by atoms with van der Waals surface area (Å²) in [4.78, 5) is 4.91. The van der Waals surface area contributed by atoms with Gasteiger partial charge in [-0.2, -0.15) is 0 Å². The summed E-state index contributed by atoms with van der Waals surface area (Å²) in [6, 6.07) is 4.56. The van der Waals surface area contributed by atoms with Crippen molar-refractivity contribution in [2.75, 3.05) is 40.3 Å². The first-order chi connectivity index (χ1) is 12.8. The minimum absolute atomic E-state index is 0.271. The first kappa shape index (κ1) is 21.8. The smallest absolute Gasteiger partial charge is 0.131 e. The Kier molecular flexibility index (Phi) is 7.75. The molecule has 0 fully saturated rings. The molecule has 0 N–H and O–H groups in total. The van der Waals surface area contributed by atoms with Crippen LogP contribution in [0.4, 0.5) is 0 Å². The monoisotopic (exact) mass is 374 g/mol. The molecule has 1 aliphatic heterocycles. The molecule has 1 heterocycles. The van der Waals surface area contributed by atoms with Gasteiger partial charge in [0.05, 0.1) is 7.11 Å². The van der Waals surface area contributed by atoms with Gasteiger partial charge in [0.15, 0.2) is 0 Å². The van der Waals surface area contributed by atoms with E-state index in [9.17, 15) is 0 Å². The summed E-state index contributed by atoms with van der Waals surface area (Å²) in [6.45, 7) is 15.4. The van der Waals surface area contributed by atoms with Crippen molar-refractivity contribution in [2.24, 2.45) is 0 Å². The molecule has 0 aromatic heterocycles. The van der Waals surface area contributed by atoms with Crippen molar-refractivity contribution < 1.29 is 9.47 Å². The number of ether oxygens (including phenoxy) is 2. The van der Waals surface area contributed by atoms with Gasteiger partial charge in [0.1, 0.15) is 17.1 Å². The number of benzene rings is 1. The van der Waals surface area contributed by atoms with Crippen LogP contribution < -0.4 is 9.47 Å². The summed E-state index contributed by atoms with van der Waals surface area (Å²) >= 11 is 0. The Labute approximate surface area is 166 Å². The molecule has 1 unspecified atom stereocenters. The van der Waals surface area contributed by atoms with E-state index in [0.717, 1.165) is 36.7 Å². The Bertz CT molecular complexity index is 636. The molecule has 1 aliphatic rings. The second-order valence-electron chi connectivity index (χ2n) is 8.06. The standard InChI is InChI=1S/C23H38N2O2/c1-8-25(9-2)15-11-10-14-24(6)18(3)20-16-19-12-13-23(4,5)27-21(19)17-22(20)26-7/h12-13,16-18H,8-11,14-15H2,1-7H3. The second kappa shape index (κ2) is 9.61. The molecule has 1 aromatic carbocycles. The molecule has 0 bridgehead atoms. The molecular weight excluding hydrogens is 336 g/mol. The Morgan fingerprint density at radius 1 is 1.11 bits per heavy atom. The normalized spacial score (nSPS) is 16.3. The van der Waals surface area contributed by atoms with E-state index < -0.39 is 0 Å². The van der Waals surface area contributed by atoms with Gasteiger partial charge in [0.2, 0.25) is 0 Å². The Balaban J connectivity index is 2.03. The number of fused-ring (bicyclic) bond motifs is 1. The highest BCUT2D eigenvalue weighted by molar-refractivity contribution is 5.64. The van der Waals surface area contributed by atoms with E-state index in [2.05, 4.69) is 69.7 Å². The maximum Gasteiger partial charge on any atom is 0.131 e. The van der Waals surface area contributed by atoms with Crippen LogP contribution in [0.5, 0.6) is 11.5 Å². The first-order valence-corrected chi connectivity index (χ1v) is 10.3. The van der Waals surface area contributed by atoms with Crippen LogP contribution >= 0.6 is 0 Å². The molecule has 0 saturated carbocycles. The van der Waals surface area contributed by atoms with Crippen LogP contribution in [0, 0.1) is 0 Å². The van der Waals surface area contributed by atoms with Crippen molar-refractivity contribution in [1.82, 2.24) is 9.80 Å². The van der Waals surface area contributed by atoms with Crippen LogP contribution in [0.3, 0.4) is 0 Å². The topological polar surface area (TPSA) is 24.9 Å². The van der Waals surface area contributed by atoms with E-state index >= 15 is 0 Å². The van der Waals surface area contributed by atoms with Crippen LogP contribution in [0.2, 0.25) is 0 Å². The Hall–Kier alpha value is -1.52. The summed E-state index contributed by atoms with van der Waals surface area (Å²) in [7, 11) is 3.95. The minimum Gasteiger partial charge on any atom is -0.496 e. The van der Waals surface area contributed by atoms with Crippen molar-refractivity contribution in [3.63, 3.8) is 0 Å². The fourth-order valence-corrected chi connectivity index (χ4v) is 3.59. The molecule has 4 nitrogen and oxygen atoms in total. The zero-order chi connectivity index (χ0) is 20.0. The highest BCUT2D eigenvalue weighted by atomic mass is 16.5. The molecule has 0 aliphatic carbocycles. The Morgan fingerprint density at radius 3 is 2.41 bits per heavy atom. The molecule has 152 valence electrons. The molecule has 0 amide bonds. The second-order valence-corrected chi connectivity index (χ2v) is 8.06. The average molecular weight is 375 g/mol. The van der Waals surface area contributed by atoms with Gasteiger partial charge in [0, 0.05) is 23.2 Å². The number of hydrogen-bond donors (Lipinski definition) is 0. The van der Waals surface area contributed by atoms with E-state index in [-0.39, 0.29) is 5.60 Å². The molecule has 27 heavy (non-hydrogen) atoms. The molecule has 1 atom stereocenters. The number of hydrogen-bond acceptors (Lipinski definition) is 4. The van der Waals surface area contributed by atoms with Gasteiger partial charge in [-0.15, -0.1) is 0 Å². The average Bonchev–Trinajstić information content (AvgIpc) is 2.65. The van der Waals surface area contributed by atoms with E-state index in [1.165, 1.54) is 24.9 Å². The van der Waals surface area contributed by atoms with Gasteiger partial charge in [-0.3, -0.25) is 4.90 Å². The third-order valence-corrected chi connectivity index (χ3v) is 5.64. The lowest BCUT2D eigenvalue weighted by molar-refractivity contribution is 0.158. The van der Waals surface area contributed by atoms with Crippen LogP contribution in [-0.2, 0) is 0 Å². The van der Waals surface area contributed by atoms with Gasteiger partial charge in [0.25, 0.3) is 0 Å². The van der Waals surface area contributed by atoms with Crippen LogP contribution in [-0.4, -0.2) is 55.7 Å². The fourth-order valence-electron chi connectivity index (χ4n) is 3.59. The summed E-state index contributed by atoms with van der Waals surface area (Å²) in [5.41, 5.74) is 2.08.